The molecule has 0 spiro atoms. The number of ether oxygens (including phenoxy) is 4. The number of hydrogen-bond donors (Lipinski definition) is 1. The van der Waals surface area contributed by atoms with Crippen LogP contribution in [0.4, 0.5) is 0 Å². The third-order valence-electron chi connectivity index (χ3n) is 5.19. The molecule has 3 aromatic rings. The molecule has 0 saturated carbocycles. The zero-order valence-corrected chi connectivity index (χ0v) is 19.6. The molecule has 0 bridgehead atoms. The molecule has 0 heterocycles. The Kier molecular flexibility index (Phi) is 8.58. The van der Waals surface area contributed by atoms with Gasteiger partial charge in [0.25, 0.3) is 5.91 Å². The van der Waals surface area contributed by atoms with E-state index in [2.05, 4.69) is 5.32 Å². The fourth-order valence-corrected chi connectivity index (χ4v) is 3.38. The van der Waals surface area contributed by atoms with Crippen molar-refractivity contribution in [1.29, 1.82) is 0 Å². The Morgan fingerprint density at radius 1 is 0.848 bits per heavy atom. The molecule has 0 saturated heterocycles. The van der Waals surface area contributed by atoms with E-state index in [4.69, 9.17) is 18.9 Å². The van der Waals surface area contributed by atoms with Crippen LogP contribution in [0.1, 0.15) is 34.0 Å². The number of nitrogens with one attached hydrogen (secondary N) is 1. The van der Waals surface area contributed by atoms with Gasteiger partial charge in [0.1, 0.15) is 18.1 Å². The quantitative estimate of drug-likeness (QED) is 0.448. The largest absolute Gasteiger partial charge is 0.493 e. The zero-order valence-electron chi connectivity index (χ0n) is 19.6. The zero-order chi connectivity index (χ0) is 23.6. The first-order valence-electron chi connectivity index (χ1n) is 11.0. The number of amides is 1. The molecule has 0 aromatic heterocycles. The van der Waals surface area contributed by atoms with Gasteiger partial charge in [0.15, 0.2) is 11.5 Å². The molecular formula is C27H31NO5. The molecular weight excluding hydrogens is 418 g/mol. The number of hydrogen-bond acceptors (Lipinski definition) is 5. The molecule has 1 N–H and O–H groups in total. The van der Waals surface area contributed by atoms with Crippen LogP contribution in [0.5, 0.6) is 23.0 Å². The molecule has 0 aliphatic carbocycles. The molecule has 6 heteroatoms. The Morgan fingerprint density at radius 2 is 1.58 bits per heavy atom. The van der Waals surface area contributed by atoms with Gasteiger partial charge in [-0.3, -0.25) is 4.79 Å². The summed E-state index contributed by atoms with van der Waals surface area (Å²) < 4.78 is 22.3. The summed E-state index contributed by atoms with van der Waals surface area (Å²) in [5.74, 6) is 2.69. The molecule has 0 aliphatic rings. The summed E-state index contributed by atoms with van der Waals surface area (Å²) >= 11 is 0. The number of methoxy groups -OCH3 is 2. The van der Waals surface area contributed by atoms with Gasteiger partial charge in [-0.25, -0.2) is 0 Å². The van der Waals surface area contributed by atoms with Crippen molar-refractivity contribution in [2.24, 2.45) is 0 Å². The van der Waals surface area contributed by atoms with Gasteiger partial charge in [-0.05, 0) is 68.3 Å². The van der Waals surface area contributed by atoms with Crippen LogP contribution >= 0.6 is 0 Å². The molecule has 1 amide bonds. The van der Waals surface area contributed by atoms with Gasteiger partial charge in [-0.1, -0.05) is 23.8 Å². The van der Waals surface area contributed by atoms with E-state index in [1.54, 1.807) is 20.3 Å². The van der Waals surface area contributed by atoms with Crippen LogP contribution in [0.2, 0.25) is 0 Å². The fraction of sp³-hybridized carbons (Fsp3) is 0.296. The Morgan fingerprint density at radius 3 is 2.27 bits per heavy atom. The maximum atomic E-state index is 12.8. The Bertz CT molecular complexity index is 1060. The topological polar surface area (TPSA) is 66.0 Å². The van der Waals surface area contributed by atoms with Crippen molar-refractivity contribution < 1.29 is 23.7 Å². The summed E-state index contributed by atoms with van der Waals surface area (Å²) in [6.07, 6.45) is 0.673. The standard InChI is InChI=1S/C27H31NO5/c1-5-32-24-13-9-21(17-22(24)18-33-23-10-6-19(2)7-11-23)27(29)28-15-14-20-8-12-25(30-3)26(16-20)31-4/h6-13,16-17H,5,14-15,18H2,1-4H3,(H,28,29). The smallest absolute Gasteiger partial charge is 0.251 e. The van der Waals surface area contributed by atoms with Gasteiger partial charge in [-0.15, -0.1) is 0 Å². The molecule has 3 rings (SSSR count). The van der Waals surface area contributed by atoms with Gasteiger partial charge in [0, 0.05) is 17.7 Å². The summed E-state index contributed by atoms with van der Waals surface area (Å²) in [6.45, 7) is 5.31. The Balaban J connectivity index is 1.63. The van der Waals surface area contributed by atoms with Crippen molar-refractivity contribution in [3.05, 3.63) is 82.9 Å². The molecule has 0 unspecified atom stereocenters. The van der Waals surface area contributed by atoms with E-state index < -0.39 is 0 Å². The van der Waals surface area contributed by atoms with Crippen LogP contribution in [0.25, 0.3) is 0 Å². The average molecular weight is 450 g/mol. The number of rotatable bonds is 11. The van der Waals surface area contributed by atoms with Crippen molar-refractivity contribution in [2.75, 3.05) is 27.4 Å². The van der Waals surface area contributed by atoms with Gasteiger partial charge < -0.3 is 24.3 Å². The minimum Gasteiger partial charge on any atom is -0.493 e. The van der Waals surface area contributed by atoms with Gasteiger partial charge in [-0.2, -0.15) is 0 Å². The van der Waals surface area contributed by atoms with E-state index in [1.165, 1.54) is 5.56 Å². The lowest BCUT2D eigenvalue weighted by molar-refractivity contribution is 0.0954. The van der Waals surface area contributed by atoms with E-state index in [-0.39, 0.29) is 5.91 Å². The van der Waals surface area contributed by atoms with Gasteiger partial charge in [0.2, 0.25) is 0 Å². The molecule has 0 atom stereocenters. The van der Waals surface area contributed by atoms with Crippen molar-refractivity contribution in [2.45, 2.75) is 26.9 Å². The highest BCUT2D eigenvalue weighted by atomic mass is 16.5. The van der Waals surface area contributed by atoms with E-state index in [0.717, 1.165) is 16.9 Å². The lowest BCUT2D eigenvalue weighted by Crippen LogP contribution is -2.25. The normalized spacial score (nSPS) is 10.4. The number of carbonyl (C=O) groups is 1. The van der Waals surface area contributed by atoms with Gasteiger partial charge in [0.05, 0.1) is 20.8 Å². The highest BCUT2D eigenvalue weighted by molar-refractivity contribution is 5.94. The van der Waals surface area contributed by atoms with Crippen molar-refractivity contribution in [3.63, 3.8) is 0 Å². The molecule has 0 fully saturated rings. The molecule has 33 heavy (non-hydrogen) atoms. The minimum atomic E-state index is -0.143. The second kappa shape index (κ2) is 11.8. The Hall–Kier alpha value is -3.67. The summed E-state index contributed by atoms with van der Waals surface area (Å²) in [5, 5.41) is 2.98. The van der Waals surface area contributed by atoms with Crippen molar-refractivity contribution >= 4 is 5.91 Å². The number of aryl methyl sites for hydroxylation is 1. The predicted molar refractivity (Wildman–Crippen MR) is 129 cm³/mol. The molecule has 3 aromatic carbocycles. The third kappa shape index (κ3) is 6.65. The summed E-state index contributed by atoms with van der Waals surface area (Å²) in [6, 6.07) is 19.0. The van der Waals surface area contributed by atoms with Crippen LogP contribution in [0, 0.1) is 6.92 Å². The van der Waals surface area contributed by atoms with Crippen LogP contribution in [-0.2, 0) is 13.0 Å². The second-order valence-corrected chi connectivity index (χ2v) is 7.55. The molecule has 6 nitrogen and oxygen atoms in total. The second-order valence-electron chi connectivity index (χ2n) is 7.55. The summed E-state index contributed by atoms with van der Waals surface area (Å²) in [7, 11) is 3.21. The third-order valence-corrected chi connectivity index (χ3v) is 5.19. The van der Waals surface area contributed by atoms with Crippen LogP contribution in [-0.4, -0.2) is 33.3 Å². The molecule has 0 radical (unpaired) electrons. The van der Waals surface area contributed by atoms with E-state index in [1.807, 2.05) is 68.4 Å². The van der Waals surface area contributed by atoms with Crippen LogP contribution in [0.15, 0.2) is 60.7 Å². The minimum absolute atomic E-state index is 0.143. The maximum absolute atomic E-state index is 12.8. The first kappa shape index (κ1) is 24.0. The predicted octanol–water partition coefficient (Wildman–Crippen LogP) is 4.96. The number of carbonyl (C=O) groups excluding carboxylic acids is 1. The van der Waals surface area contributed by atoms with Gasteiger partial charge >= 0.3 is 0 Å². The lowest BCUT2D eigenvalue weighted by Gasteiger charge is -2.14. The van der Waals surface area contributed by atoms with Crippen molar-refractivity contribution in [1.82, 2.24) is 5.32 Å². The van der Waals surface area contributed by atoms with E-state index in [9.17, 15) is 4.79 Å². The fourth-order valence-electron chi connectivity index (χ4n) is 3.38. The highest BCUT2D eigenvalue weighted by Gasteiger charge is 2.12. The lowest BCUT2D eigenvalue weighted by atomic mass is 10.1. The van der Waals surface area contributed by atoms with Crippen LogP contribution in [0.3, 0.4) is 0 Å². The molecule has 174 valence electrons. The summed E-state index contributed by atoms with van der Waals surface area (Å²) in [4.78, 5) is 12.8. The highest BCUT2D eigenvalue weighted by Crippen LogP contribution is 2.27. The first-order chi connectivity index (χ1) is 16.0. The Labute approximate surface area is 195 Å². The average Bonchev–Trinajstić information content (AvgIpc) is 2.84. The van der Waals surface area contributed by atoms with E-state index >= 15 is 0 Å². The molecule has 0 aliphatic heterocycles. The van der Waals surface area contributed by atoms with E-state index in [0.29, 0.717) is 49.0 Å². The maximum Gasteiger partial charge on any atom is 0.251 e. The van der Waals surface area contributed by atoms with Crippen molar-refractivity contribution in [3.8, 4) is 23.0 Å². The number of benzene rings is 3. The monoisotopic (exact) mass is 449 g/mol. The SMILES string of the molecule is CCOc1ccc(C(=O)NCCc2ccc(OC)c(OC)c2)cc1COc1ccc(C)cc1. The first-order valence-corrected chi connectivity index (χ1v) is 11.0. The van der Waals surface area contributed by atoms with Crippen LogP contribution < -0.4 is 24.3 Å². The summed E-state index contributed by atoms with van der Waals surface area (Å²) in [5.41, 5.74) is 3.61.